The Bertz CT molecular complexity index is 573. The van der Waals surface area contributed by atoms with E-state index in [-0.39, 0.29) is 5.78 Å². The number of carbonyl (C=O) groups is 1. The summed E-state index contributed by atoms with van der Waals surface area (Å²) in [4.78, 5) is 13.5. The molecule has 5 heteroatoms. The maximum atomic E-state index is 11.2. The van der Waals surface area contributed by atoms with Crippen molar-refractivity contribution in [3.8, 4) is 0 Å². The minimum atomic E-state index is 0.0972. The predicted octanol–water partition coefficient (Wildman–Crippen LogP) is 1.50. The predicted molar refractivity (Wildman–Crippen MR) is 67.5 cm³/mol. The molecule has 1 aliphatic heterocycles. The summed E-state index contributed by atoms with van der Waals surface area (Å²) < 4.78 is 2.07. The van der Waals surface area contributed by atoms with E-state index in [0.717, 1.165) is 36.7 Å². The molecule has 0 saturated heterocycles. The average molecular weight is 242 g/mol. The van der Waals surface area contributed by atoms with E-state index in [9.17, 15) is 4.79 Å². The number of ketones is 1. The minimum absolute atomic E-state index is 0.0972. The Morgan fingerprint density at radius 1 is 1.22 bits per heavy atom. The zero-order valence-electron chi connectivity index (χ0n) is 10.2. The maximum absolute atomic E-state index is 11.2. The van der Waals surface area contributed by atoms with Crippen LogP contribution in [0.3, 0.4) is 0 Å². The third kappa shape index (κ3) is 1.88. The Labute approximate surface area is 105 Å². The number of carbonyl (C=O) groups excluding carboxylic acids is 1. The van der Waals surface area contributed by atoms with Crippen LogP contribution in [0, 0.1) is 0 Å². The van der Waals surface area contributed by atoms with Crippen molar-refractivity contribution in [3.05, 3.63) is 42.0 Å². The van der Waals surface area contributed by atoms with Crippen molar-refractivity contribution in [3.63, 3.8) is 0 Å². The highest BCUT2D eigenvalue weighted by Crippen LogP contribution is 2.20. The molecule has 18 heavy (non-hydrogen) atoms. The number of Topliss-reactive ketones (excluding diaryl/α,β-unsaturated/α-hetero) is 1. The largest absolute Gasteiger partial charge is 0.362 e. The highest BCUT2D eigenvalue weighted by atomic mass is 16.1. The molecule has 0 saturated carbocycles. The lowest BCUT2D eigenvalue weighted by atomic mass is 10.1. The second kappa shape index (κ2) is 4.25. The number of hydrogen-bond donors (Lipinski definition) is 0. The average Bonchev–Trinajstić information content (AvgIpc) is 2.86. The molecule has 1 aliphatic rings. The standard InChI is InChI=1S/C13H14N4O/c1-10(18)11-2-4-12(5-3-11)16-6-7-17-9-14-15-13(17)8-16/h2-5,9H,6-8H2,1H3. The molecule has 1 aromatic heterocycles. The van der Waals surface area contributed by atoms with E-state index in [1.807, 2.05) is 24.3 Å². The first-order valence-electron chi connectivity index (χ1n) is 5.96. The van der Waals surface area contributed by atoms with E-state index >= 15 is 0 Å². The summed E-state index contributed by atoms with van der Waals surface area (Å²) in [5, 5.41) is 8.01. The zero-order valence-corrected chi connectivity index (χ0v) is 10.2. The number of rotatable bonds is 2. The molecule has 0 bridgehead atoms. The number of benzene rings is 1. The molecular formula is C13H14N4O. The first kappa shape index (κ1) is 11.0. The van der Waals surface area contributed by atoms with Gasteiger partial charge in [-0.05, 0) is 31.2 Å². The number of fused-ring (bicyclic) bond motifs is 1. The van der Waals surface area contributed by atoms with Crippen molar-refractivity contribution in [2.24, 2.45) is 0 Å². The molecule has 2 aromatic rings. The van der Waals surface area contributed by atoms with E-state index in [1.54, 1.807) is 13.3 Å². The van der Waals surface area contributed by atoms with E-state index in [1.165, 1.54) is 0 Å². The van der Waals surface area contributed by atoms with Crippen LogP contribution in [0.5, 0.6) is 0 Å². The molecule has 5 nitrogen and oxygen atoms in total. The van der Waals surface area contributed by atoms with Gasteiger partial charge < -0.3 is 9.47 Å². The van der Waals surface area contributed by atoms with Crippen molar-refractivity contribution in [2.75, 3.05) is 11.4 Å². The molecule has 0 atom stereocenters. The van der Waals surface area contributed by atoms with Crippen LogP contribution in [0.4, 0.5) is 5.69 Å². The van der Waals surface area contributed by atoms with Gasteiger partial charge in [-0.15, -0.1) is 10.2 Å². The summed E-state index contributed by atoms with van der Waals surface area (Å²) >= 11 is 0. The molecule has 0 N–H and O–H groups in total. The van der Waals surface area contributed by atoms with E-state index in [2.05, 4.69) is 19.7 Å². The van der Waals surface area contributed by atoms with Gasteiger partial charge in [0.05, 0.1) is 6.54 Å². The van der Waals surface area contributed by atoms with Gasteiger partial charge in [0.1, 0.15) is 6.33 Å². The molecule has 0 unspecified atom stereocenters. The number of nitrogens with zero attached hydrogens (tertiary/aromatic N) is 4. The van der Waals surface area contributed by atoms with Crippen LogP contribution in [-0.2, 0) is 13.1 Å². The molecule has 2 heterocycles. The van der Waals surface area contributed by atoms with Gasteiger partial charge in [-0.1, -0.05) is 0 Å². The van der Waals surface area contributed by atoms with Gasteiger partial charge in [0.2, 0.25) is 0 Å². The summed E-state index contributed by atoms with van der Waals surface area (Å²) in [5.41, 5.74) is 1.87. The first-order chi connectivity index (χ1) is 8.74. The normalized spacial score (nSPS) is 14.4. The van der Waals surface area contributed by atoms with Crippen molar-refractivity contribution >= 4 is 11.5 Å². The van der Waals surface area contributed by atoms with Crippen molar-refractivity contribution in [2.45, 2.75) is 20.0 Å². The highest BCUT2D eigenvalue weighted by Gasteiger charge is 2.17. The summed E-state index contributed by atoms with van der Waals surface area (Å²) in [7, 11) is 0. The van der Waals surface area contributed by atoms with Gasteiger partial charge in [-0.2, -0.15) is 0 Å². The third-order valence-corrected chi connectivity index (χ3v) is 3.28. The van der Waals surface area contributed by atoms with E-state index in [4.69, 9.17) is 0 Å². The fourth-order valence-electron chi connectivity index (χ4n) is 2.19. The van der Waals surface area contributed by atoms with Crippen LogP contribution >= 0.6 is 0 Å². The molecule has 0 fully saturated rings. The van der Waals surface area contributed by atoms with Crippen LogP contribution in [-0.4, -0.2) is 27.1 Å². The Morgan fingerprint density at radius 2 is 2.00 bits per heavy atom. The molecule has 0 radical (unpaired) electrons. The van der Waals surface area contributed by atoms with E-state index in [0.29, 0.717) is 0 Å². The molecule has 0 spiro atoms. The lowest BCUT2D eigenvalue weighted by Gasteiger charge is -2.29. The maximum Gasteiger partial charge on any atom is 0.159 e. The lowest BCUT2D eigenvalue weighted by molar-refractivity contribution is 0.101. The Kier molecular flexibility index (Phi) is 2.59. The van der Waals surface area contributed by atoms with Crippen LogP contribution in [0.15, 0.2) is 30.6 Å². The summed E-state index contributed by atoms with van der Waals surface area (Å²) in [6.45, 7) is 4.18. The number of anilines is 1. The summed E-state index contributed by atoms with van der Waals surface area (Å²) in [6.07, 6.45) is 1.77. The summed E-state index contributed by atoms with van der Waals surface area (Å²) in [5.74, 6) is 1.08. The fourth-order valence-corrected chi connectivity index (χ4v) is 2.19. The van der Waals surface area contributed by atoms with Crippen LogP contribution < -0.4 is 4.90 Å². The second-order valence-electron chi connectivity index (χ2n) is 4.47. The molecule has 0 amide bonds. The topological polar surface area (TPSA) is 51.0 Å². The van der Waals surface area contributed by atoms with Gasteiger partial charge in [0.25, 0.3) is 0 Å². The summed E-state index contributed by atoms with van der Waals surface area (Å²) in [6, 6.07) is 7.72. The third-order valence-electron chi connectivity index (χ3n) is 3.28. The van der Waals surface area contributed by atoms with Crippen LogP contribution in [0.25, 0.3) is 0 Å². The van der Waals surface area contributed by atoms with Crippen molar-refractivity contribution in [1.82, 2.24) is 14.8 Å². The van der Waals surface area contributed by atoms with Crippen LogP contribution in [0.2, 0.25) is 0 Å². The molecule has 0 aliphatic carbocycles. The highest BCUT2D eigenvalue weighted by molar-refractivity contribution is 5.94. The van der Waals surface area contributed by atoms with Crippen molar-refractivity contribution in [1.29, 1.82) is 0 Å². The monoisotopic (exact) mass is 242 g/mol. The minimum Gasteiger partial charge on any atom is -0.362 e. The Hall–Kier alpha value is -2.17. The zero-order chi connectivity index (χ0) is 12.5. The van der Waals surface area contributed by atoms with Gasteiger partial charge in [0, 0.05) is 24.3 Å². The van der Waals surface area contributed by atoms with Gasteiger partial charge in [0.15, 0.2) is 11.6 Å². The smallest absolute Gasteiger partial charge is 0.159 e. The van der Waals surface area contributed by atoms with E-state index < -0.39 is 0 Å². The first-order valence-corrected chi connectivity index (χ1v) is 5.96. The molecule has 92 valence electrons. The number of hydrogen-bond acceptors (Lipinski definition) is 4. The molecule has 3 rings (SSSR count). The van der Waals surface area contributed by atoms with Gasteiger partial charge in [-0.25, -0.2) is 0 Å². The van der Waals surface area contributed by atoms with Gasteiger partial charge in [-0.3, -0.25) is 4.79 Å². The van der Waals surface area contributed by atoms with Crippen molar-refractivity contribution < 1.29 is 4.79 Å². The molecular weight excluding hydrogens is 228 g/mol. The SMILES string of the molecule is CC(=O)c1ccc(N2CCn3cnnc3C2)cc1. The Balaban J connectivity index is 1.82. The second-order valence-corrected chi connectivity index (χ2v) is 4.47. The van der Waals surface area contributed by atoms with Crippen LogP contribution in [0.1, 0.15) is 23.1 Å². The molecule has 1 aromatic carbocycles. The lowest BCUT2D eigenvalue weighted by Crippen LogP contribution is -2.33. The Morgan fingerprint density at radius 3 is 2.72 bits per heavy atom. The van der Waals surface area contributed by atoms with Gasteiger partial charge >= 0.3 is 0 Å². The fraction of sp³-hybridized carbons (Fsp3) is 0.308. The number of aromatic nitrogens is 3. The quantitative estimate of drug-likeness (QED) is 0.749.